The Morgan fingerprint density at radius 1 is 1.37 bits per heavy atom. The molecule has 0 radical (unpaired) electrons. The van der Waals surface area contributed by atoms with Crippen LogP contribution >= 0.6 is 0 Å². The van der Waals surface area contributed by atoms with Gasteiger partial charge in [0.15, 0.2) is 6.10 Å². The third kappa shape index (κ3) is 3.70. The summed E-state index contributed by atoms with van der Waals surface area (Å²) in [6, 6.07) is 4.86. The summed E-state index contributed by atoms with van der Waals surface area (Å²) in [6.45, 7) is 2.97. The number of hydrogen-bond donors (Lipinski definition) is 1. The quantitative estimate of drug-likeness (QED) is 0.860. The fourth-order valence-corrected chi connectivity index (χ4v) is 1.75. The monoisotopic (exact) mass is 276 g/mol. The van der Waals surface area contributed by atoms with Crippen LogP contribution in [0.3, 0.4) is 0 Å². The molecule has 0 bridgehead atoms. The molecule has 1 aromatic rings. The van der Waals surface area contributed by atoms with Gasteiger partial charge in [0.05, 0.1) is 12.2 Å². The molecule has 0 aliphatic heterocycles. The van der Waals surface area contributed by atoms with Gasteiger partial charge in [-0.2, -0.15) is 13.2 Å². The molecule has 1 rings (SSSR count). The topological polar surface area (TPSA) is 46.5 Å². The normalized spacial score (nSPS) is 14.8. The van der Waals surface area contributed by atoms with E-state index < -0.39 is 29.7 Å². The van der Waals surface area contributed by atoms with E-state index in [2.05, 4.69) is 4.74 Å². The highest BCUT2D eigenvalue weighted by atomic mass is 19.4. The molecular weight excluding hydrogens is 261 g/mol. The number of halogens is 3. The Morgan fingerprint density at radius 3 is 2.47 bits per heavy atom. The Labute approximate surface area is 109 Å². The van der Waals surface area contributed by atoms with Gasteiger partial charge in [0.1, 0.15) is 0 Å². The van der Waals surface area contributed by atoms with E-state index >= 15 is 0 Å². The van der Waals surface area contributed by atoms with E-state index in [0.29, 0.717) is 0 Å². The van der Waals surface area contributed by atoms with E-state index in [-0.39, 0.29) is 12.2 Å². The van der Waals surface area contributed by atoms with Crippen LogP contribution in [0.1, 0.15) is 30.9 Å². The largest absolute Gasteiger partial charge is 0.464 e. The summed E-state index contributed by atoms with van der Waals surface area (Å²) >= 11 is 0. The van der Waals surface area contributed by atoms with Gasteiger partial charge >= 0.3 is 12.1 Å². The maximum absolute atomic E-state index is 12.8. The first-order valence-corrected chi connectivity index (χ1v) is 5.79. The van der Waals surface area contributed by atoms with Gasteiger partial charge in [-0.3, -0.25) is 0 Å². The van der Waals surface area contributed by atoms with Crippen molar-refractivity contribution in [1.29, 1.82) is 0 Å². The number of aliphatic hydroxyl groups is 1. The summed E-state index contributed by atoms with van der Waals surface area (Å²) in [5, 5.41) is 9.72. The summed E-state index contributed by atoms with van der Waals surface area (Å²) < 4.78 is 43.1. The molecule has 2 atom stereocenters. The summed E-state index contributed by atoms with van der Waals surface area (Å²) in [5.74, 6) is -1.93. The Kier molecular flexibility index (Phi) is 4.94. The summed E-state index contributed by atoms with van der Waals surface area (Å²) in [7, 11) is 0. The molecule has 1 N–H and O–H groups in total. The predicted octanol–water partition coefficient (Wildman–Crippen LogP) is 2.73. The molecule has 0 aliphatic carbocycles. The molecule has 19 heavy (non-hydrogen) atoms. The number of ether oxygens (including phenoxy) is 1. The Bertz CT molecular complexity index is 443. The van der Waals surface area contributed by atoms with E-state index in [0.717, 1.165) is 6.07 Å². The molecule has 106 valence electrons. The van der Waals surface area contributed by atoms with Crippen LogP contribution in [0.4, 0.5) is 13.2 Å². The Hall–Kier alpha value is -1.56. The number of aliphatic hydroxyl groups excluding tert-OH is 1. The van der Waals surface area contributed by atoms with Crippen LogP contribution in [0.25, 0.3) is 0 Å². The van der Waals surface area contributed by atoms with Crippen LogP contribution in [0.2, 0.25) is 0 Å². The van der Waals surface area contributed by atoms with Crippen LogP contribution in [0.15, 0.2) is 24.3 Å². The lowest BCUT2D eigenvalue weighted by atomic mass is 9.91. The van der Waals surface area contributed by atoms with Crippen molar-refractivity contribution in [1.82, 2.24) is 0 Å². The maximum Gasteiger partial charge on any atom is 0.416 e. The zero-order valence-corrected chi connectivity index (χ0v) is 10.6. The van der Waals surface area contributed by atoms with Gasteiger partial charge in [-0.05, 0) is 18.6 Å². The van der Waals surface area contributed by atoms with Crippen LogP contribution in [-0.2, 0) is 15.7 Å². The molecule has 0 fully saturated rings. The fourth-order valence-electron chi connectivity index (χ4n) is 1.75. The molecule has 0 amide bonds. The Morgan fingerprint density at radius 2 is 1.95 bits per heavy atom. The van der Waals surface area contributed by atoms with Crippen molar-refractivity contribution in [2.75, 3.05) is 6.61 Å². The minimum absolute atomic E-state index is 0.0591. The van der Waals surface area contributed by atoms with Crippen molar-refractivity contribution in [3.8, 4) is 0 Å². The van der Waals surface area contributed by atoms with E-state index in [1.807, 2.05) is 0 Å². The number of hydrogen-bond acceptors (Lipinski definition) is 3. The molecule has 0 aromatic heterocycles. The average Bonchev–Trinajstić information content (AvgIpc) is 2.36. The molecular formula is C13H15F3O3. The van der Waals surface area contributed by atoms with Crippen molar-refractivity contribution in [3.63, 3.8) is 0 Å². The highest BCUT2D eigenvalue weighted by molar-refractivity contribution is 5.75. The third-order valence-corrected chi connectivity index (χ3v) is 2.76. The summed E-state index contributed by atoms with van der Waals surface area (Å²) in [4.78, 5) is 11.4. The number of carbonyl (C=O) groups excluding carboxylic acids is 1. The van der Waals surface area contributed by atoms with E-state index in [9.17, 15) is 23.1 Å². The number of esters is 1. The van der Waals surface area contributed by atoms with Crippen molar-refractivity contribution in [2.24, 2.45) is 0 Å². The number of carbonyl (C=O) groups is 1. The van der Waals surface area contributed by atoms with Crippen LogP contribution in [0, 0.1) is 0 Å². The van der Waals surface area contributed by atoms with Crippen LogP contribution < -0.4 is 0 Å². The smallest absolute Gasteiger partial charge is 0.416 e. The summed E-state index contributed by atoms with van der Waals surface area (Å²) in [6.07, 6.45) is -6.15. The molecule has 1 aromatic carbocycles. The molecule has 0 aliphatic rings. The minimum atomic E-state index is -4.53. The fraction of sp³-hybridized carbons (Fsp3) is 0.462. The van der Waals surface area contributed by atoms with Crippen molar-refractivity contribution >= 4 is 5.97 Å². The average molecular weight is 276 g/mol. The number of benzene rings is 1. The van der Waals surface area contributed by atoms with E-state index in [1.165, 1.54) is 25.1 Å². The second-order valence-electron chi connectivity index (χ2n) is 4.07. The lowest BCUT2D eigenvalue weighted by molar-refractivity contribution is -0.154. The third-order valence-electron chi connectivity index (χ3n) is 2.76. The lowest BCUT2D eigenvalue weighted by Crippen LogP contribution is -2.29. The summed E-state index contributed by atoms with van der Waals surface area (Å²) in [5.41, 5.74) is -0.985. The van der Waals surface area contributed by atoms with Gasteiger partial charge < -0.3 is 9.84 Å². The molecule has 2 unspecified atom stereocenters. The van der Waals surface area contributed by atoms with Gasteiger partial charge in [0, 0.05) is 5.92 Å². The highest BCUT2D eigenvalue weighted by Gasteiger charge is 2.36. The van der Waals surface area contributed by atoms with Gasteiger partial charge in [0.2, 0.25) is 0 Å². The standard InChI is InChI=1S/C13H15F3O3/c1-3-19-12(18)11(17)8(2)9-6-4-5-7-10(9)13(14,15)16/h4-8,11,17H,3H2,1-2H3. The molecule has 0 heterocycles. The van der Waals surface area contributed by atoms with Gasteiger partial charge in [-0.1, -0.05) is 25.1 Å². The van der Waals surface area contributed by atoms with Gasteiger partial charge in [0.25, 0.3) is 0 Å². The first-order chi connectivity index (χ1) is 8.79. The Balaban J connectivity index is 3.06. The zero-order chi connectivity index (χ0) is 14.6. The predicted molar refractivity (Wildman–Crippen MR) is 62.5 cm³/mol. The van der Waals surface area contributed by atoms with Crippen LogP contribution in [-0.4, -0.2) is 23.8 Å². The maximum atomic E-state index is 12.8. The molecule has 0 saturated heterocycles. The molecule has 0 spiro atoms. The first kappa shape index (κ1) is 15.5. The van der Waals surface area contributed by atoms with E-state index in [1.54, 1.807) is 6.92 Å². The second-order valence-corrected chi connectivity index (χ2v) is 4.07. The number of rotatable bonds is 4. The van der Waals surface area contributed by atoms with Gasteiger partial charge in [-0.15, -0.1) is 0 Å². The van der Waals surface area contributed by atoms with Crippen molar-refractivity contribution in [3.05, 3.63) is 35.4 Å². The first-order valence-electron chi connectivity index (χ1n) is 5.79. The lowest BCUT2D eigenvalue weighted by Gasteiger charge is -2.21. The highest BCUT2D eigenvalue weighted by Crippen LogP contribution is 2.36. The molecule has 3 nitrogen and oxygen atoms in total. The zero-order valence-electron chi connectivity index (χ0n) is 10.6. The van der Waals surface area contributed by atoms with Gasteiger partial charge in [-0.25, -0.2) is 4.79 Å². The van der Waals surface area contributed by atoms with Crippen molar-refractivity contribution in [2.45, 2.75) is 32.0 Å². The van der Waals surface area contributed by atoms with Crippen LogP contribution in [0.5, 0.6) is 0 Å². The second kappa shape index (κ2) is 6.06. The minimum Gasteiger partial charge on any atom is -0.464 e. The molecule has 6 heteroatoms. The number of alkyl halides is 3. The van der Waals surface area contributed by atoms with Crippen molar-refractivity contribution < 1.29 is 27.8 Å². The molecule has 0 saturated carbocycles. The van der Waals surface area contributed by atoms with E-state index in [4.69, 9.17) is 0 Å². The SMILES string of the molecule is CCOC(=O)C(O)C(C)c1ccccc1C(F)(F)F.